The maximum Gasteiger partial charge on any atom is 0.263 e. The number of hydrogen-bond donors (Lipinski definition) is 3. The van der Waals surface area contributed by atoms with Gasteiger partial charge in [0, 0.05) is 49.4 Å². The highest BCUT2D eigenvalue weighted by Gasteiger charge is 2.12. The maximum absolute atomic E-state index is 12.2. The van der Waals surface area contributed by atoms with Crippen molar-refractivity contribution < 1.29 is 9.53 Å². The zero-order valence-corrected chi connectivity index (χ0v) is 16.2. The first kappa shape index (κ1) is 20.4. The van der Waals surface area contributed by atoms with Crippen molar-refractivity contribution in [2.75, 3.05) is 50.0 Å². The normalized spacial score (nSPS) is 14.7. The summed E-state index contributed by atoms with van der Waals surface area (Å²) in [5.74, 6) is -0.379. The predicted octanol–water partition coefficient (Wildman–Crippen LogP) is 2.70. The maximum atomic E-state index is 12.2. The SMILES string of the molecule is N#C/C(=C/Nc1ccc(Nc2ccccc2)cc1)C(=O)NCCN1CCOCC1. The molecule has 2 aromatic rings. The van der Waals surface area contributed by atoms with Gasteiger partial charge in [-0.1, -0.05) is 18.2 Å². The Hall–Kier alpha value is -3.34. The third kappa shape index (κ3) is 6.64. The molecule has 2 aromatic carbocycles. The average molecular weight is 391 g/mol. The van der Waals surface area contributed by atoms with Gasteiger partial charge in [-0.15, -0.1) is 0 Å². The van der Waals surface area contributed by atoms with E-state index >= 15 is 0 Å². The first-order chi connectivity index (χ1) is 14.2. The molecule has 0 radical (unpaired) electrons. The molecule has 0 aromatic heterocycles. The molecule has 7 nitrogen and oxygen atoms in total. The van der Waals surface area contributed by atoms with Gasteiger partial charge in [0.25, 0.3) is 5.91 Å². The summed E-state index contributed by atoms with van der Waals surface area (Å²) in [4.78, 5) is 14.4. The molecule has 0 spiro atoms. The molecule has 1 aliphatic heterocycles. The van der Waals surface area contributed by atoms with Gasteiger partial charge in [0.2, 0.25) is 0 Å². The van der Waals surface area contributed by atoms with Gasteiger partial charge in [0.05, 0.1) is 13.2 Å². The number of carbonyl (C=O) groups is 1. The molecule has 1 fully saturated rings. The van der Waals surface area contributed by atoms with E-state index in [1.807, 2.05) is 60.7 Å². The van der Waals surface area contributed by atoms with Crippen molar-refractivity contribution in [3.05, 3.63) is 66.4 Å². The summed E-state index contributed by atoms with van der Waals surface area (Å²) in [7, 11) is 0. The van der Waals surface area contributed by atoms with Crippen LogP contribution in [-0.2, 0) is 9.53 Å². The summed E-state index contributed by atoms with van der Waals surface area (Å²) in [5, 5.41) is 18.4. The van der Waals surface area contributed by atoms with E-state index < -0.39 is 0 Å². The quantitative estimate of drug-likeness (QED) is 0.474. The minimum absolute atomic E-state index is 0.0402. The fourth-order valence-electron chi connectivity index (χ4n) is 2.89. The minimum Gasteiger partial charge on any atom is -0.379 e. The highest BCUT2D eigenvalue weighted by molar-refractivity contribution is 5.97. The van der Waals surface area contributed by atoms with Gasteiger partial charge in [0.15, 0.2) is 0 Å². The Bertz CT molecular complexity index is 853. The number of hydrogen-bond acceptors (Lipinski definition) is 6. The van der Waals surface area contributed by atoms with E-state index in [0.29, 0.717) is 6.54 Å². The van der Waals surface area contributed by atoms with Crippen LogP contribution in [0.25, 0.3) is 0 Å². The highest BCUT2D eigenvalue weighted by atomic mass is 16.5. The van der Waals surface area contributed by atoms with Crippen molar-refractivity contribution in [3.8, 4) is 6.07 Å². The van der Waals surface area contributed by atoms with Crippen LogP contribution in [0.3, 0.4) is 0 Å². The van der Waals surface area contributed by atoms with Crippen LogP contribution >= 0.6 is 0 Å². The van der Waals surface area contributed by atoms with Crippen molar-refractivity contribution in [3.63, 3.8) is 0 Å². The van der Waals surface area contributed by atoms with Crippen LogP contribution in [-0.4, -0.2) is 50.2 Å². The number of nitrogens with zero attached hydrogens (tertiary/aromatic N) is 2. The number of para-hydroxylation sites is 1. The molecule has 0 aliphatic carbocycles. The number of amides is 1. The standard InChI is InChI=1S/C22H25N5O2/c23-16-18(22(28)24-10-11-27-12-14-29-15-13-27)17-25-19-6-8-21(9-7-19)26-20-4-2-1-3-5-20/h1-9,17,25-26H,10-15H2,(H,24,28)/b18-17-. The van der Waals surface area contributed by atoms with E-state index in [2.05, 4.69) is 20.9 Å². The Kier molecular flexibility index (Phi) is 7.63. The first-order valence-corrected chi connectivity index (χ1v) is 9.62. The largest absolute Gasteiger partial charge is 0.379 e. The molecule has 0 unspecified atom stereocenters. The minimum atomic E-state index is -0.379. The van der Waals surface area contributed by atoms with E-state index in [-0.39, 0.29) is 11.5 Å². The van der Waals surface area contributed by atoms with Gasteiger partial charge in [0.1, 0.15) is 11.6 Å². The van der Waals surface area contributed by atoms with Crippen LogP contribution < -0.4 is 16.0 Å². The van der Waals surface area contributed by atoms with E-state index in [4.69, 9.17) is 4.74 Å². The summed E-state index contributed by atoms with van der Waals surface area (Å²) >= 11 is 0. The zero-order chi connectivity index (χ0) is 20.3. The number of morpholine rings is 1. The second-order valence-corrected chi connectivity index (χ2v) is 6.59. The number of benzene rings is 2. The van der Waals surface area contributed by atoms with Gasteiger partial charge in [-0.3, -0.25) is 9.69 Å². The molecular weight excluding hydrogens is 366 g/mol. The molecule has 1 amide bonds. The highest BCUT2D eigenvalue weighted by Crippen LogP contribution is 2.18. The second kappa shape index (κ2) is 10.9. The van der Waals surface area contributed by atoms with Crippen molar-refractivity contribution in [2.45, 2.75) is 0 Å². The third-order valence-electron chi connectivity index (χ3n) is 4.51. The summed E-state index contributed by atoms with van der Waals surface area (Å²) in [5.41, 5.74) is 2.79. The first-order valence-electron chi connectivity index (χ1n) is 9.62. The monoisotopic (exact) mass is 391 g/mol. The molecule has 3 N–H and O–H groups in total. The Balaban J connectivity index is 1.47. The van der Waals surface area contributed by atoms with Crippen LogP contribution in [0.5, 0.6) is 0 Å². The Morgan fingerprint density at radius 1 is 1.03 bits per heavy atom. The van der Waals surface area contributed by atoms with Gasteiger partial charge in [-0.05, 0) is 36.4 Å². The van der Waals surface area contributed by atoms with E-state index in [9.17, 15) is 10.1 Å². The molecule has 0 atom stereocenters. The van der Waals surface area contributed by atoms with Crippen LogP contribution in [0.4, 0.5) is 17.1 Å². The molecule has 7 heteroatoms. The lowest BCUT2D eigenvalue weighted by Crippen LogP contribution is -2.41. The molecule has 1 saturated heterocycles. The summed E-state index contributed by atoms with van der Waals surface area (Å²) in [6, 6.07) is 19.5. The van der Waals surface area contributed by atoms with Crippen LogP contribution in [0.1, 0.15) is 0 Å². The third-order valence-corrected chi connectivity index (χ3v) is 4.51. The van der Waals surface area contributed by atoms with Gasteiger partial charge in [-0.2, -0.15) is 5.26 Å². The van der Waals surface area contributed by atoms with Gasteiger partial charge in [-0.25, -0.2) is 0 Å². The average Bonchev–Trinajstić information content (AvgIpc) is 2.77. The van der Waals surface area contributed by atoms with Crippen molar-refractivity contribution in [2.24, 2.45) is 0 Å². The lowest BCUT2D eigenvalue weighted by molar-refractivity contribution is -0.117. The molecule has 150 valence electrons. The molecule has 29 heavy (non-hydrogen) atoms. The predicted molar refractivity (Wildman–Crippen MR) is 114 cm³/mol. The van der Waals surface area contributed by atoms with Gasteiger partial charge < -0.3 is 20.7 Å². The lowest BCUT2D eigenvalue weighted by atomic mass is 10.2. The summed E-state index contributed by atoms with van der Waals surface area (Å²) in [6.07, 6.45) is 1.43. The van der Waals surface area contributed by atoms with Crippen molar-refractivity contribution >= 4 is 23.0 Å². The number of ether oxygens (including phenoxy) is 1. The molecule has 0 bridgehead atoms. The molecule has 1 heterocycles. The number of anilines is 3. The summed E-state index contributed by atoms with van der Waals surface area (Å²) < 4.78 is 5.30. The zero-order valence-electron chi connectivity index (χ0n) is 16.2. The molecule has 3 rings (SSSR count). The Morgan fingerprint density at radius 2 is 1.69 bits per heavy atom. The van der Waals surface area contributed by atoms with E-state index in [1.165, 1.54) is 6.20 Å². The number of carbonyl (C=O) groups excluding carboxylic acids is 1. The number of nitriles is 1. The lowest BCUT2D eigenvalue weighted by Gasteiger charge is -2.26. The fourth-order valence-corrected chi connectivity index (χ4v) is 2.89. The van der Waals surface area contributed by atoms with Crippen LogP contribution in [0, 0.1) is 11.3 Å². The van der Waals surface area contributed by atoms with E-state index in [1.54, 1.807) is 0 Å². The second-order valence-electron chi connectivity index (χ2n) is 6.59. The Labute approximate surface area is 171 Å². The summed E-state index contributed by atoms with van der Waals surface area (Å²) in [6.45, 7) is 4.43. The topological polar surface area (TPSA) is 89.4 Å². The number of nitrogens with one attached hydrogen (secondary N) is 3. The van der Waals surface area contributed by atoms with Crippen molar-refractivity contribution in [1.29, 1.82) is 5.26 Å². The molecular formula is C22H25N5O2. The molecule has 1 aliphatic rings. The smallest absolute Gasteiger partial charge is 0.263 e. The van der Waals surface area contributed by atoms with Gasteiger partial charge >= 0.3 is 0 Å². The Morgan fingerprint density at radius 3 is 2.38 bits per heavy atom. The van der Waals surface area contributed by atoms with Crippen LogP contribution in [0.2, 0.25) is 0 Å². The fraction of sp³-hybridized carbons (Fsp3) is 0.273. The molecule has 0 saturated carbocycles. The van der Waals surface area contributed by atoms with Crippen LogP contribution in [0.15, 0.2) is 66.4 Å². The van der Waals surface area contributed by atoms with E-state index in [0.717, 1.165) is 49.9 Å². The van der Waals surface area contributed by atoms with Crippen molar-refractivity contribution in [1.82, 2.24) is 10.2 Å². The number of rotatable bonds is 8.